The number of ether oxygens (including phenoxy) is 1. The first-order valence-electron chi connectivity index (χ1n) is 4.91. The Morgan fingerprint density at radius 3 is 2.88 bits per heavy atom. The van der Waals surface area contributed by atoms with Crippen LogP contribution in [0, 0.1) is 0 Å². The number of benzene rings is 1. The Kier molecular flexibility index (Phi) is 3.00. The third kappa shape index (κ3) is 2.28. The van der Waals surface area contributed by atoms with Crippen LogP contribution in [0.25, 0.3) is 0 Å². The quantitative estimate of drug-likeness (QED) is 0.829. The lowest BCUT2D eigenvalue weighted by Crippen LogP contribution is -1.97. The molecule has 4 nitrogen and oxygen atoms in total. The molecule has 16 heavy (non-hydrogen) atoms. The molecule has 4 heteroatoms. The van der Waals surface area contributed by atoms with Gasteiger partial charge in [0.2, 0.25) is 0 Å². The molecule has 2 rings (SSSR count). The van der Waals surface area contributed by atoms with E-state index in [2.05, 4.69) is 5.32 Å². The van der Waals surface area contributed by atoms with Crippen LogP contribution in [-0.2, 0) is 6.54 Å². The summed E-state index contributed by atoms with van der Waals surface area (Å²) in [6.07, 6.45) is 3.30. The maximum absolute atomic E-state index is 9.57. The Labute approximate surface area is 93.5 Å². The van der Waals surface area contributed by atoms with Crippen LogP contribution in [-0.4, -0.2) is 12.2 Å². The Hall–Kier alpha value is -2.10. The lowest BCUT2D eigenvalue weighted by atomic mass is 10.2. The van der Waals surface area contributed by atoms with Gasteiger partial charge in [0, 0.05) is 23.9 Å². The van der Waals surface area contributed by atoms with Crippen molar-refractivity contribution in [3.8, 4) is 11.5 Å². The lowest BCUT2D eigenvalue weighted by Gasteiger charge is -2.07. The van der Waals surface area contributed by atoms with Crippen LogP contribution in [0.5, 0.6) is 11.5 Å². The number of phenolic OH excluding ortho intramolecular Hbond substituents is 1. The number of methoxy groups -OCH3 is 1. The van der Waals surface area contributed by atoms with Gasteiger partial charge < -0.3 is 19.6 Å². The Balaban J connectivity index is 2.02. The number of hydrogen-bond acceptors (Lipinski definition) is 4. The molecule has 0 aliphatic heterocycles. The summed E-state index contributed by atoms with van der Waals surface area (Å²) in [5.41, 5.74) is 1.88. The fourth-order valence-electron chi connectivity index (χ4n) is 1.40. The molecule has 0 unspecified atom stereocenters. The zero-order chi connectivity index (χ0) is 11.4. The van der Waals surface area contributed by atoms with E-state index < -0.39 is 0 Å². The minimum Gasteiger partial charge on any atom is -0.504 e. The number of rotatable bonds is 4. The molecule has 84 valence electrons. The molecule has 0 saturated carbocycles. The molecule has 0 amide bonds. The van der Waals surface area contributed by atoms with Crippen LogP contribution in [0.2, 0.25) is 0 Å². The number of phenols is 1. The van der Waals surface area contributed by atoms with E-state index in [1.807, 2.05) is 12.1 Å². The van der Waals surface area contributed by atoms with E-state index in [9.17, 15) is 5.11 Å². The molecular formula is C12H13NO3. The number of anilines is 1. The van der Waals surface area contributed by atoms with Crippen LogP contribution < -0.4 is 10.1 Å². The SMILES string of the molecule is COc1ccc(NCc2ccoc2)cc1O. The van der Waals surface area contributed by atoms with E-state index in [-0.39, 0.29) is 5.75 Å². The summed E-state index contributed by atoms with van der Waals surface area (Å²) in [5, 5.41) is 12.7. The molecule has 2 aromatic rings. The summed E-state index contributed by atoms with van der Waals surface area (Å²) in [7, 11) is 1.52. The van der Waals surface area contributed by atoms with E-state index in [4.69, 9.17) is 9.15 Å². The highest BCUT2D eigenvalue weighted by molar-refractivity contribution is 5.54. The Bertz CT molecular complexity index is 451. The maximum Gasteiger partial charge on any atom is 0.160 e. The van der Waals surface area contributed by atoms with Gasteiger partial charge >= 0.3 is 0 Å². The van der Waals surface area contributed by atoms with E-state index in [0.29, 0.717) is 12.3 Å². The third-order valence-corrected chi connectivity index (χ3v) is 2.26. The number of aromatic hydroxyl groups is 1. The zero-order valence-corrected chi connectivity index (χ0v) is 8.93. The monoisotopic (exact) mass is 219 g/mol. The fourth-order valence-corrected chi connectivity index (χ4v) is 1.40. The molecule has 2 N–H and O–H groups in total. The molecule has 0 aliphatic carbocycles. The number of nitrogens with one attached hydrogen (secondary N) is 1. The first-order chi connectivity index (χ1) is 7.79. The highest BCUT2D eigenvalue weighted by Crippen LogP contribution is 2.28. The van der Waals surface area contributed by atoms with Crippen LogP contribution >= 0.6 is 0 Å². The molecule has 0 radical (unpaired) electrons. The first-order valence-corrected chi connectivity index (χ1v) is 4.91. The molecule has 0 fully saturated rings. The number of furan rings is 1. The van der Waals surface area contributed by atoms with Gasteiger partial charge in [-0.05, 0) is 18.2 Å². The van der Waals surface area contributed by atoms with Crippen molar-refractivity contribution < 1.29 is 14.3 Å². The predicted molar refractivity (Wildman–Crippen MR) is 60.7 cm³/mol. The average Bonchev–Trinajstić information content (AvgIpc) is 2.79. The highest BCUT2D eigenvalue weighted by Gasteiger charge is 2.02. The van der Waals surface area contributed by atoms with Crippen molar-refractivity contribution >= 4 is 5.69 Å². The van der Waals surface area contributed by atoms with Gasteiger partial charge in [-0.25, -0.2) is 0 Å². The maximum atomic E-state index is 9.57. The third-order valence-electron chi connectivity index (χ3n) is 2.26. The molecule has 1 aromatic carbocycles. The van der Waals surface area contributed by atoms with Gasteiger partial charge in [0.25, 0.3) is 0 Å². The van der Waals surface area contributed by atoms with Crippen molar-refractivity contribution in [1.29, 1.82) is 0 Å². The van der Waals surface area contributed by atoms with Crippen molar-refractivity contribution in [2.24, 2.45) is 0 Å². The fraction of sp³-hybridized carbons (Fsp3) is 0.167. The second kappa shape index (κ2) is 4.61. The average molecular weight is 219 g/mol. The smallest absolute Gasteiger partial charge is 0.160 e. The van der Waals surface area contributed by atoms with Crippen LogP contribution in [0.3, 0.4) is 0 Å². The van der Waals surface area contributed by atoms with Gasteiger partial charge in [-0.2, -0.15) is 0 Å². The van der Waals surface area contributed by atoms with Crippen molar-refractivity contribution in [2.75, 3.05) is 12.4 Å². The molecular weight excluding hydrogens is 206 g/mol. The van der Waals surface area contributed by atoms with Crippen molar-refractivity contribution in [3.63, 3.8) is 0 Å². The summed E-state index contributed by atoms with van der Waals surface area (Å²) in [6, 6.07) is 7.07. The second-order valence-corrected chi connectivity index (χ2v) is 3.37. The summed E-state index contributed by atoms with van der Waals surface area (Å²) in [6.45, 7) is 0.655. The molecule has 0 spiro atoms. The zero-order valence-electron chi connectivity index (χ0n) is 8.93. The Morgan fingerprint density at radius 1 is 1.38 bits per heavy atom. The first kappa shape index (κ1) is 10.4. The van der Waals surface area contributed by atoms with Gasteiger partial charge in [-0.3, -0.25) is 0 Å². The molecule has 0 aliphatic rings. The van der Waals surface area contributed by atoms with E-state index in [0.717, 1.165) is 11.3 Å². The Morgan fingerprint density at radius 2 is 2.25 bits per heavy atom. The summed E-state index contributed by atoms with van der Waals surface area (Å²) < 4.78 is 9.91. The summed E-state index contributed by atoms with van der Waals surface area (Å²) in [5.74, 6) is 0.591. The largest absolute Gasteiger partial charge is 0.504 e. The molecule has 1 aromatic heterocycles. The summed E-state index contributed by atoms with van der Waals surface area (Å²) >= 11 is 0. The van der Waals surface area contributed by atoms with Crippen LogP contribution in [0.15, 0.2) is 41.2 Å². The highest BCUT2D eigenvalue weighted by atomic mass is 16.5. The standard InChI is InChI=1S/C12H13NO3/c1-15-12-3-2-10(6-11(12)14)13-7-9-4-5-16-8-9/h2-6,8,13-14H,7H2,1H3. The normalized spacial score (nSPS) is 10.1. The minimum absolute atomic E-state index is 0.125. The van der Waals surface area contributed by atoms with E-state index >= 15 is 0 Å². The minimum atomic E-state index is 0.125. The van der Waals surface area contributed by atoms with E-state index in [1.165, 1.54) is 7.11 Å². The van der Waals surface area contributed by atoms with E-state index in [1.54, 1.807) is 24.7 Å². The molecule has 1 heterocycles. The van der Waals surface area contributed by atoms with Crippen LogP contribution in [0.4, 0.5) is 5.69 Å². The van der Waals surface area contributed by atoms with Crippen molar-refractivity contribution in [1.82, 2.24) is 0 Å². The van der Waals surface area contributed by atoms with Gasteiger partial charge in [0.05, 0.1) is 19.6 Å². The van der Waals surface area contributed by atoms with Crippen molar-refractivity contribution in [3.05, 3.63) is 42.4 Å². The lowest BCUT2D eigenvalue weighted by molar-refractivity contribution is 0.373. The second-order valence-electron chi connectivity index (χ2n) is 3.37. The van der Waals surface area contributed by atoms with Crippen LogP contribution in [0.1, 0.15) is 5.56 Å². The van der Waals surface area contributed by atoms with Gasteiger partial charge in [-0.1, -0.05) is 0 Å². The van der Waals surface area contributed by atoms with Crippen molar-refractivity contribution in [2.45, 2.75) is 6.54 Å². The van der Waals surface area contributed by atoms with Gasteiger partial charge in [0.1, 0.15) is 0 Å². The molecule has 0 saturated heterocycles. The topological polar surface area (TPSA) is 54.6 Å². The summed E-state index contributed by atoms with van der Waals surface area (Å²) in [4.78, 5) is 0. The molecule has 0 atom stereocenters. The number of hydrogen-bond donors (Lipinski definition) is 2. The van der Waals surface area contributed by atoms with Gasteiger partial charge in [0.15, 0.2) is 11.5 Å². The predicted octanol–water partition coefficient (Wildman–Crippen LogP) is 2.61. The molecule has 0 bridgehead atoms. The van der Waals surface area contributed by atoms with Gasteiger partial charge in [-0.15, -0.1) is 0 Å².